The van der Waals surface area contributed by atoms with Gasteiger partial charge >= 0.3 is 0 Å². The molecule has 4 N–H and O–H groups in total. The summed E-state index contributed by atoms with van der Waals surface area (Å²) in [6.45, 7) is 3.40. The van der Waals surface area contributed by atoms with E-state index in [1.807, 2.05) is 0 Å². The van der Waals surface area contributed by atoms with Gasteiger partial charge in [0.05, 0.1) is 5.54 Å². The van der Waals surface area contributed by atoms with E-state index in [9.17, 15) is 0 Å². The molecule has 0 bridgehead atoms. The van der Waals surface area contributed by atoms with E-state index in [1.54, 1.807) is 13.8 Å². The second-order valence-corrected chi connectivity index (χ2v) is 2.23. The molecule has 50 valence electrons. The van der Waals surface area contributed by atoms with Crippen molar-refractivity contribution in [2.24, 2.45) is 5.73 Å². The Morgan fingerprint density at radius 3 is 2.00 bits per heavy atom. The van der Waals surface area contributed by atoms with Crippen LogP contribution in [-0.4, -0.2) is 22.0 Å². The van der Waals surface area contributed by atoms with Crippen LogP contribution in [0.2, 0.25) is 0 Å². The minimum absolute atomic E-state index is 0.560. The molecule has 0 aliphatic carbocycles. The molecule has 0 radical (unpaired) electrons. The summed E-state index contributed by atoms with van der Waals surface area (Å²) >= 11 is 0. The quantitative estimate of drug-likeness (QED) is 0.426. The maximum absolute atomic E-state index is 8.51. The Bertz CT molecular complexity index is 70.8. The molecule has 0 aromatic rings. The lowest BCUT2D eigenvalue weighted by Crippen LogP contribution is -2.47. The third kappa shape index (κ3) is 1.78. The first-order valence-electron chi connectivity index (χ1n) is 2.65. The summed E-state index contributed by atoms with van der Waals surface area (Å²) in [5, 5.41) is 17.0. The van der Waals surface area contributed by atoms with Gasteiger partial charge in [-0.15, -0.1) is 0 Å². The molecular formula is C5H13NO2. The Balaban J connectivity index is 3.71. The normalized spacial score (nSPS) is 18.8. The fourth-order valence-corrected chi connectivity index (χ4v) is 0.183. The molecule has 0 saturated carbocycles. The number of aliphatic hydroxyl groups excluding tert-OH is 1. The van der Waals surface area contributed by atoms with Crippen molar-refractivity contribution in [2.45, 2.75) is 32.1 Å². The maximum Gasteiger partial charge on any atom is 0.169 e. The summed E-state index contributed by atoms with van der Waals surface area (Å²) in [5.41, 5.74) is 4.51. The summed E-state index contributed by atoms with van der Waals surface area (Å²) < 4.78 is 0. The zero-order chi connectivity index (χ0) is 6.78. The smallest absolute Gasteiger partial charge is 0.169 e. The van der Waals surface area contributed by atoms with Gasteiger partial charge in [0.1, 0.15) is 0 Å². The molecule has 8 heavy (non-hydrogen) atoms. The molecule has 0 aliphatic rings. The van der Waals surface area contributed by atoms with E-state index in [4.69, 9.17) is 15.9 Å². The molecular weight excluding hydrogens is 106 g/mol. The second kappa shape index (κ2) is 2.44. The van der Waals surface area contributed by atoms with Crippen LogP contribution < -0.4 is 5.73 Å². The number of hydrogen-bond donors (Lipinski definition) is 3. The van der Waals surface area contributed by atoms with Crippen LogP contribution in [0.15, 0.2) is 0 Å². The highest BCUT2D eigenvalue weighted by Gasteiger charge is 2.23. The van der Waals surface area contributed by atoms with Crippen molar-refractivity contribution in [2.75, 3.05) is 0 Å². The summed E-state index contributed by atoms with van der Waals surface area (Å²) in [6, 6.07) is 0. The number of rotatable bonds is 2. The zero-order valence-corrected chi connectivity index (χ0v) is 5.26. The molecule has 1 unspecified atom stereocenters. The Morgan fingerprint density at radius 1 is 1.62 bits per heavy atom. The van der Waals surface area contributed by atoms with E-state index < -0.39 is 11.8 Å². The van der Waals surface area contributed by atoms with E-state index in [-0.39, 0.29) is 0 Å². The minimum atomic E-state index is -1.41. The lowest BCUT2D eigenvalue weighted by Gasteiger charge is -2.24. The monoisotopic (exact) mass is 119 g/mol. The van der Waals surface area contributed by atoms with Gasteiger partial charge in [-0.1, -0.05) is 6.92 Å². The average Bonchev–Trinajstić information content (AvgIpc) is 1.67. The van der Waals surface area contributed by atoms with E-state index in [0.29, 0.717) is 6.42 Å². The van der Waals surface area contributed by atoms with Crippen molar-refractivity contribution in [3.63, 3.8) is 0 Å². The lowest BCUT2D eigenvalue weighted by molar-refractivity contribution is -0.0915. The highest BCUT2D eigenvalue weighted by molar-refractivity contribution is 4.77. The van der Waals surface area contributed by atoms with Crippen molar-refractivity contribution in [1.82, 2.24) is 0 Å². The molecule has 0 heterocycles. The topological polar surface area (TPSA) is 66.5 Å². The molecule has 3 heteroatoms. The highest BCUT2D eigenvalue weighted by Crippen LogP contribution is 2.07. The average molecular weight is 119 g/mol. The van der Waals surface area contributed by atoms with Crippen molar-refractivity contribution >= 4 is 0 Å². The molecule has 0 aliphatic heterocycles. The SMILES string of the molecule is CCC(C)(N)C(O)O. The highest BCUT2D eigenvalue weighted by atomic mass is 16.5. The van der Waals surface area contributed by atoms with Gasteiger partial charge in [-0.05, 0) is 13.3 Å². The van der Waals surface area contributed by atoms with Gasteiger partial charge in [-0.2, -0.15) is 0 Å². The molecule has 1 atom stereocenters. The largest absolute Gasteiger partial charge is 0.367 e. The van der Waals surface area contributed by atoms with Crippen molar-refractivity contribution in [1.29, 1.82) is 0 Å². The molecule has 0 saturated heterocycles. The van der Waals surface area contributed by atoms with E-state index in [0.717, 1.165) is 0 Å². The Hall–Kier alpha value is -0.120. The summed E-state index contributed by atoms with van der Waals surface area (Å²) in [4.78, 5) is 0. The molecule has 3 nitrogen and oxygen atoms in total. The third-order valence-electron chi connectivity index (χ3n) is 1.35. The van der Waals surface area contributed by atoms with Crippen LogP contribution in [-0.2, 0) is 0 Å². The van der Waals surface area contributed by atoms with E-state index >= 15 is 0 Å². The molecule has 0 aromatic carbocycles. The standard InChI is InChI=1S/C5H13NO2/c1-3-5(2,6)4(7)8/h4,7-8H,3,6H2,1-2H3. The van der Waals surface area contributed by atoms with Crippen LogP contribution in [0.25, 0.3) is 0 Å². The van der Waals surface area contributed by atoms with Crippen LogP contribution in [0.3, 0.4) is 0 Å². The fraction of sp³-hybridized carbons (Fsp3) is 1.00. The van der Waals surface area contributed by atoms with Crippen LogP contribution in [0.4, 0.5) is 0 Å². The summed E-state index contributed by atoms with van der Waals surface area (Å²) in [7, 11) is 0. The first kappa shape index (κ1) is 7.88. The second-order valence-electron chi connectivity index (χ2n) is 2.23. The van der Waals surface area contributed by atoms with Gasteiger partial charge in [0.15, 0.2) is 6.29 Å². The molecule has 0 aromatic heterocycles. The molecule has 0 fully saturated rings. The first-order valence-corrected chi connectivity index (χ1v) is 2.65. The zero-order valence-electron chi connectivity index (χ0n) is 5.26. The first-order chi connectivity index (χ1) is 3.50. The third-order valence-corrected chi connectivity index (χ3v) is 1.35. The van der Waals surface area contributed by atoms with Crippen LogP contribution in [0, 0.1) is 0 Å². The van der Waals surface area contributed by atoms with Gasteiger partial charge in [0.2, 0.25) is 0 Å². The van der Waals surface area contributed by atoms with Gasteiger partial charge < -0.3 is 15.9 Å². The van der Waals surface area contributed by atoms with Crippen LogP contribution in [0.1, 0.15) is 20.3 Å². The van der Waals surface area contributed by atoms with Crippen LogP contribution in [0.5, 0.6) is 0 Å². The Morgan fingerprint density at radius 2 is 2.00 bits per heavy atom. The lowest BCUT2D eigenvalue weighted by atomic mass is 10.0. The minimum Gasteiger partial charge on any atom is -0.367 e. The molecule has 0 amide bonds. The van der Waals surface area contributed by atoms with Crippen molar-refractivity contribution in [3.05, 3.63) is 0 Å². The molecule has 0 spiro atoms. The molecule has 0 rings (SSSR count). The van der Waals surface area contributed by atoms with E-state index in [1.165, 1.54) is 0 Å². The van der Waals surface area contributed by atoms with Gasteiger partial charge in [0.25, 0.3) is 0 Å². The Kier molecular flexibility index (Phi) is 2.40. The maximum atomic E-state index is 8.51. The Labute approximate surface area is 49.1 Å². The van der Waals surface area contributed by atoms with Crippen molar-refractivity contribution in [3.8, 4) is 0 Å². The predicted octanol–water partition coefficient (Wildman–Crippen LogP) is -0.575. The van der Waals surface area contributed by atoms with Crippen LogP contribution >= 0.6 is 0 Å². The van der Waals surface area contributed by atoms with Crippen molar-refractivity contribution < 1.29 is 10.2 Å². The predicted molar refractivity (Wildman–Crippen MR) is 31.1 cm³/mol. The summed E-state index contributed by atoms with van der Waals surface area (Å²) in [6.07, 6.45) is -0.850. The fourth-order valence-electron chi connectivity index (χ4n) is 0.183. The number of aliphatic hydroxyl groups is 2. The summed E-state index contributed by atoms with van der Waals surface area (Å²) in [5.74, 6) is 0. The number of hydrogen-bond acceptors (Lipinski definition) is 3. The van der Waals surface area contributed by atoms with Gasteiger partial charge in [-0.25, -0.2) is 0 Å². The number of nitrogens with two attached hydrogens (primary N) is 1. The van der Waals surface area contributed by atoms with Gasteiger partial charge in [0, 0.05) is 0 Å². The van der Waals surface area contributed by atoms with Gasteiger partial charge in [-0.3, -0.25) is 0 Å². The van der Waals surface area contributed by atoms with E-state index in [2.05, 4.69) is 0 Å².